The molecule has 4 rings (SSSR count). The number of nitrogens with one attached hydrogen (secondary N) is 1. The van der Waals surface area contributed by atoms with Crippen LogP contribution in [0, 0.1) is 0 Å². The van der Waals surface area contributed by atoms with Gasteiger partial charge in [-0.15, -0.1) is 0 Å². The molecule has 1 fully saturated rings. The second-order valence-corrected chi connectivity index (χ2v) is 19.5. The van der Waals surface area contributed by atoms with Gasteiger partial charge in [-0.3, -0.25) is 9.52 Å². The summed E-state index contributed by atoms with van der Waals surface area (Å²) in [7, 11) is -9.66. The lowest BCUT2D eigenvalue weighted by Gasteiger charge is -2.24. The number of hydrogen-bond acceptors (Lipinski definition) is 6. The Hall–Kier alpha value is -3.39. The maximum Gasteiger partial charge on any atom is 0.329 e. The zero-order valence-electron chi connectivity index (χ0n) is 22.7. The number of carbonyl (C=O) groups is 1. The van der Waals surface area contributed by atoms with Crippen LogP contribution in [0.15, 0.2) is 72.8 Å². The van der Waals surface area contributed by atoms with Crippen LogP contribution in [-0.2, 0) is 38.2 Å². The Kier molecular flexibility index (Phi) is 8.59. The first-order valence-corrected chi connectivity index (χ1v) is 19.4. The molecule has 0 bridgehead atoms. The van der Waals surface area contributed by atoms with Gasteiger partial charge in [-0.25, -0.2) is 13.7 Å². The minimum Gasteiger partial charge on any atom is -0.487 e. The highest BCUT2D eigenvalue weighted by molar-refractivity contribution is 7.91. The van der Waals surface area contributed by atoms with Crippen molar-refractivity contribution in [2.75, 3.05) is 22.1 Å². The highest BCUT2D eigenvalue weighted by Crippen LogP contribution is 2.36. The Morgan fingerprint density at radius 1 is 0.975 bits per heavy atom. The Morgan fingerprint density at radius 2 is 1.65 bits per heavy atom. The van der Waals surface area contributed by atoms with E-state index < -0.39 is 34.4 Å². The van der Waals surface area contributed by atoms with E-state index in [0.717, 1.165) is 19.7 Å². The summed E-state index contributed by atoms with van der Waals surface area (Å²) in [6.45, 7) is 6.41. The zero-order chi connectivity index (χ0) is 29.1. The molecule has 0 spiro atoms. The summed E-state index contributed by atoms with van der Waals surface area (Å²) >= 11 is 0. The molecule has 3 aromatic rings. The highest BCUT2D eigenvalue weighted by atomic mass is 32.2. The maximum atomic E-state index is 13.5. The molecule has 10 nitrogen and oxygen atoms in total. The number of amides is 1. The first kappa shape index (κ1) is 29.6. The van der Waals surface area contributed by atoms with Crippen molar-refractivity contribution in [3.8, 4) is 5.75 Å². The average Bonchev–Trinajstić information content (AvgIpc) is 3.09. The fourth-order valence-corrected chi connectivity index (χ4v) is 7.40. The van der Waals surface area contributed by atoms with Gasteiger partial charge < -0.3 is 4.74 Å². The number of carbonyl (C=O) groups excluding carboxylic acids is 1. The van der Waals surface area contributed by atoms with E-state index in [9.17, 15) is 21.6 Å². The van der Waals surface area contributed by atoms with E-state index in [1.54, 1.807) is 42.5 Å². The maximum absolute atomic E-state index is 13.5. The van der Waals surface area contributed by atoms with Crippen molar-refractivity contribution in [2.45, 2.75) is 38.7 Å². The number of rotatable bonds is 11. The smallest absolute Gasteiger partial charge is 0.329 e. The van der Waals surface area contributed by atoms with Gasteiger partial charge >= 0.3 is 10.2 Å². The molecule has 0 aromatic heterocycles. The summed E-state index contributed by atoms with van der Waals surface area (Å²) in [6, 6.07) is 22.0. The largest absolute Gasteiger partial charge is 0.487 e. The van der Waals surface area contributed by atoms with E-state index in [0.29, 0.717) is 29.5 Å². The van der Waals surface area contributed by atoms with Crippen molar-refractivity contribution in [3.63, 3.8) is 0 Å². The minimum absolute atomic E-state index is 0.152. The molecule has 1 heterocycles. The van der Waals surface area contributed by atoms with E-state index in [1.165, 1.54) is 0 Å². The molecule has 1 aliphatic heterocycles. The van der Waals surface area contributed by atoms with Crippen LogP contribution in [0.25, 0.3) is 0 Å². The average molecular weight is 603 g/mol. The fourth-order valence-electron chi connectivity index (χ4n) is 4.29. The summed E-state index contributed by atoms with van der Waals surface area (Å²) in [5.41, 5.74) is 2.90. The SMILES string of the molecule is C[Si](C)(C)CCN1C(=O)CN(c2ccc(Cc3ccccc3NS(N)(=O)=O)cc2OCc2ccccc2)S1(=O)=O. The summed E-state index contributed by atoms with van der Waals surface area (Å²) in [4.78, 5) is 12.9. The highest BCUT2D eigenvalue weighted by Gasteiger charge is 2.44. The number of hydrogen-bond donors (Lipinski definition) is 2. The number of nitrogens with zero attached hydrogens (tertiary/aromatic N) is 2. The molecule has 40 heavy (non-hydrogen) atoms. The van der Waals surface area contributed by atoms with Gasteiger partial charge in [-0.1, -0.05) is 74.2 Å². The van der Waals surface area contributed by atoms with Crippen molar-refractivity contribution >= 4 is 45.8 Å². The Balaban J connectivity index is 1.68. The molecule has 0 unspecified atom stereocenters. The van der Waals surface area contributed by atoms with Crippen LogP contribution in [0.4, 0.5) is 11.4 Å². The molecular formula is C27H34N4O6S2Si. The van der Waals surface area contributed by atoms with Gasteiger partial charge in [0.25, 0.3) is 16.1 Å². The molecule has 0 radical (unpaired) electrons. The van der Waals surface area contributed by atoms with Crippen molar-refractivity contribution in [1.82, 2.24) is 4.31 Å². The molecule has 214 valence electrons. The molecule has 13 heteroatoms. The Labute approximate surface area is 237 Å². The molecule has 0 saturated carbocycles. The van der Waals surface area contributed by atoms with Crippen molar-refractivity contribution < 1.29 is 26.4 Å². The minimum atomic E-state index is -4.09. The number of benzene rings is 3. The normalized spacial score (nSPS) is 15.3. The summed E-state index contributed by atoms with van der Waals surface area (Å²) in [5, 5.41) is 5.18. The van der Waals surface area contributed by atoms with Crippen molar-refractivity contribution in [2.24, 2.45) is 5.14 Å². The second kappa shape index (κ2) is 11.6. The molecule has 3 aromatic carbocycles. The third kappa shape index (κ3) is 7.41. The van der Waals surface area contributed by atoms with Gasteiger partial charge in [-0.05, 0) is 47.4 Å². The first-order chi connectivity index (χ1) is 18.7. The lowest BCUT2D eigenvalue weighted by atomic mass is 10.0. The van der Waals surface area contributed by atoms with E-state index in [-0.39, 0.29) is 25.4 Å². The van der Waals surface area contributed by atoms with Crippen LogP contribution in [0.5, 0.6) is 5.75 Å². The number of para-hydroxylation sites is 1. The number of ether oxygens (including phenoxy) is 1. The van der Waals surface area contributed by atoms with Crippen LogP contribution in [0.1, 0.15) is 16.7 Å². The van der Waals surface area contributed by atoms with Crippen LogP contribution in [0.3, 0.4) is 0 Å². The third-order valence-electron chi connectivity index (χ3n) is 6.37. The molecule has 1 saturated heterocycles. The van der Waals surface area contributed by atoms with Crippen molar-refractivity contribution in [3.05, 3.63) is 89.5 Å². The predicted molar refractivity (Wildman–Crippen MR) is 159 cm³/mol. The van der Waals surface area contributed by atoms with E-state index in [1.807, 2.05) is 30.3 Å². The first-order valence-electron chi connectivity index (χ1n) is 12.7. The van der Waals surface area contributed by atoms with Gasteiger partial charge in [-0.2, -0.15) is 16.8 Å². The molecule has 0 atom stereocenters. The molecular weight excluding hydrogens is 569 g/mol. The lowest BCUT2D eigenvalue weighted by molar-refractivity contribution is -0.123. The van der Waals surface area contributed by atoms with E-state index in [4.69, 9.17) is 9.88 Å². The molecule has 1 aliphatic rings. The van der Waals surface area contributed by atoms with Gasteiger partial charge in [0, 0.05) is 14.6 Å². The van der Waals surface area contributed by atoms with Gasteiger partial charge in [0.05, 0.1) is 11.4 Å². The summed E-state index contributed by atoms with van der Waals surface area (Å²) in [6.07, 6.45) is 0.314. The van der Waals surface area contributed by atoms with Crippen LogP contribution in [0.2, 0.25) is 25.7 Å². The monoisotopic (exact) mass is 602 g/mol. The lowest BCUT2D eigenvalue weighted by Crippen LogP contribution is -2.37. The van der Waals surface area contributed by atoms with Gasteiger partial charge in [0.15, 0.2) is 0 Å². The number of anilines is 2. The zero-order valence-corrected chi connectivity index (χ0v) is 25.3. The van der Waals surface area contributed by atoms with Gasteiger partial charge in [0.1, 0.15) is 18.9 Å². The van der Waals surface area contributed by atoms with Crippen LogP contribution >= 0.6 is 0 Å². The molecule has 0 aliphatic carbocycles. The second-order valence-electron chi connectivity index (χ2n) is 10.8. The topological polar surface area (TPSA) is 139 Å². The molecule has 1 amide bonds. The van der Waals surface area contributed by atoms with Crippen molar-refractivity contribution in [1.29, 1.82) is 0 Å². The predicted octanol–water partition coefficient (Wildman–Crippen LogP) is 3.70. The van der Waals surface area contributed by atoms with Gasteiger partial charge in [0.2, 0.25) is 0 Å². The third-order valence-corrected chi connectivity index (χ3v) is 10.4. The summed E-state index contributed by atoms with van der Waals surface area (Å²) < 4.78 is 60.8. The van der Waals surface area contributed by atoms with E-state index >= 15 is 0 Å². The van der Waals surface area contributed by atoms with E-state index in [2.05, 4.69) is 24.4 Å². The Morgan fingerprint density at radius 3 is 2.33 bits per heavy atom. The fraction of sp³-hybridized carbons (Fsp3) is 0.296. The summed E-state index contributed by atoms with van der Waals surface area (Å²) in [5.74, 6) is -0.180. The van der Waals surface area contributed by atoms with Crippen LogP contribution in [-0.4, -0.2) is 48.2 Å². The Bertz CT molecular complexity index is 1590. The molecule has 3 N–H and O–H groups in total. The standard InChI is InChI=1S/C27H34N4O6S2Si/c1-40(2,3)16-15-30-27(32)19-31(39(30,35)36)25-14-13-22(18-26(25)37-20-21-9-5-4-6-10-21)17-23-11-7-8-12-24(23)29-38(28,33)34/h4-14,18,29H,15-17,19-20H2,1-3H3,(H2,28,33,34). The van der Waals surface area contributed by atoms with Crippen LogP contribution < -0.4 is 18.9 Å². The quantitative estimate of drug-likeness (QED) is 0.321. The number of nitrogens with two attached hydrogens (primary N) is 1.